The minimum absolute atomic E-state index is 0.111. The predicted octanol–water partition coefficient (Wildman–Crippen LogP) is 4.02. The first-order valence-corrected chi connectivity index (χ1v) is 9.33. The Morgan fingerprint density at radius 2 is 2.20 bits per heavy atom. The predicted molar refractivity (Wildman–Crippen MR) is 96.3 cm³/mol. The van der Waals surface area contributed by atoms with Gasteiger partial charge in [-0.25, -0.2) is 4.39 Å². The van der Waals surface area contributed by atoms with Crippen molar-refractivity contribution < 1.29 is 14.0 Å². The molecular formula is C18H18ClFN2O2S. The molecule has 2 amide bonds. The standard InChI is InChI=1S/C18H18ClFN2O2S/c1-11(13-7-6-12(20)10-14(13)19)21-17(23)15-4-2-8-22(15)18(24)16-5-3-9-25-16/h3,5-7,9-11,15H,2,4,8H2,1H3,(H,21,23)/t11?,15-/m0/s1. The van der Waals surface area contributed by atoms with Gasteiger partial charge >= 0.3 is 0 Å². The van der Waals surface area contributed by atoms with Gasteiger partial charge in [0.25, 0.3) is 5.91 Å². The molecule has 0 bridgehead atoms. The van der Waals surface area contributed by atoms with Gasteiger partial charge in [-0.2, -0.15) is 0 Å². The number of nitrogens with zero attached hydrogens (tertiary/aromatic N) is 1. The van der Waals surface area contributed by atoms with Crippen LogP contribution in [0.1, 0.15) is 41.0 Å². The third-order valence-corrected chi connectivity index (χ3v) is 5.52. The number of rotatable bonds is 4. The highest BCUT2D eigenvalue weighted by atomic mass is 35.5. The summed E-state index contributed by atoms with van der Waals surface area (Å²) >= 11 is 7.43. The normalized spacial score (nSPS) is 18.2. The Bertz CT molecular complexity index is 781. The number of carbonyl (C=O) groups is 2. The summed E-state index contributed by atoms with van der Waals surface area (Å²) in [5, 5.41) is 5.01. The molecule has 4 nitrogen and oxygen atoms in total. The highest BCUT2D eigenvalue weighted by Crippen LogP contribution is 2.26. The van der Waals surface area contributed by atoms with Gasteiger partial charge < -0.3 is 10.2 Å². The minimum atomic E-state index is -0.490. The topological polar surface area (TPSA) is 49.4 Å². The molecule has 0 spiro atoms. The second-order valence-corrected chi connectivity index (χ2v) is 7.38. The van der Waals surface area contributed by atoms with Gasteiger partial charge in [0.2, 0.25) is 5.91 Å². The van der Waals surface area contributed by atoms with Crippen LogP contribution >= 0.6 is 22.9 Å². The summed E-state index contributed by atoms with van der Waals surface area (Å²) in [5.74, 6) is -0.744. The molecule has 0 saturated carbocycles. The Kier molecular flexibility index (Phi) is 5.39. The molecule has 1 unspecified atom stereocenters. The Balaban J connectivity index is 1.70. The van der Waals surface area contributed by atoms with Gasteiger partial charge in [0, 0.05) is 11.6 Å². The maximum Gasteiger partial charge on any atom is 0.264 e. The summed E-state index contributed by atoms with van der Waals surface area (Å²) in [7, 11) is 0. The van der Waals surface area contributed by atoms with Crippen molar-refractivity contribution in [2.45, 2.75) is 31.8 Å². The number of hydrogen-bond acceptors (Lipinski definition) is 3. The lowest BCUT2D eigenvalue weighted by Crippen LogP contribution is -2.46. The van der Waals surface area contributed by atoms with Crippen LogP contribution in [0.15, 0.2) is 35.7 Å². The maximum atomic E-state index is 13.2. The van der Waals surface area contributed by atoms with Crippen LogP contribution in [0.2, 0.25) is 5.02 Å². The Hall–Kier alpha value is -1.92. The molecule has 1 fully saturated rings. The highest BCUT2D eigenvalue weighted by Gasteiger charge is 2.35. The second kappa shape index (κ2) is 7.54. The van der Waals surface area contributed by atoms with Crippen molar-refractivity contribution in [2.24, 2.45) is 0 Å². The van der Waals surface area contributed by atoms with Crippen molar-refractivity contribution in [2.75, 3.05) is 6.54 Å². The van der Waals surface area contributed by atoms with E-state index in [-0.39, 0.29) is 22.9 Å². The smallest absolute Gasteiger partial charge is 0.264 e. The number of benzene rings is 1. The molecule has 0 radical (unpaired) electrons. The van der Waals surface area contributed by atoms with E-state index in [1.807, 2.05) is 11.4 Å². The lowest BCUT2D eigenvalue weighted by molar-refractivity contribution is -0.125. The van der Waals surface area contributed by atoms with Gasteiger partial charge in [-0.05, 0) is 48.9 Å². The Morgan fingerprint density at radius 1 is 1.40 bits per heavy atom. The zero-order chi connectivity index (χ0) is 18.0. The lowest BCUT2D eigenvalue weighted by atomic mass is 10.1. The third-order valence-electron chi connectivity index (χ3n) is 4.34. The average Bonchev–Trinajstić information content (AvgIpc) is 3.25. The van der Waals surface area contributed by atoms with Gasteiger partial charge in [0.05, 0.1) is 10.9 Å². The van der Waals surface area contributed by atoms with Crippen molar-refractivity contribution in [3.63, 3.8) is 0 Å². The summed E-state index contributed by atoms with van der Waals surface area (Å²) in [5.41, 5.74) is 0.644. The van der Waals surface area contributed by atoms with Crippen molar-refractivity contribution in [3.05, 3.63) is 57.0 Å². The number of nitrogens with one attached hydrogen (secondary N) is 1. The van der Waals surface area contributed by atoms with Gasteiger partial charge in [-0.15, -0.1) is 11.3 Å². The molecule has 2 aromatic rings. The molecule has 1 saturated heterocycles. The van der Waals surface area contributed by atoms with E-state index in [1.54, 1.807) is 24.0 Å². The van der Waals surface area contributed by atoms with Gasteiger partial charge in [0.15, 0.2) is 0 Å². The fourth-order valence-electron chi connectivity index (χ4n) is 3.06. The third kappa shape index (κ3) is 3.85. The van der Waals surface area contributed by atoms with Crippen LogP contribution in [0.25, 0.3) is 0 Å². The molecule has 1 N–H and O–H groups in total. The molecule has 2 heterocycles. The van der Waals surface area contributed by atoms with Crippen molar-refractivity contribution in [3.8, 4) is 0 Å². The van der Waals surface area contributed by atoms with E-state index in [2.05, 4.69) is 5.32 Å². The van der Waals surface area contributed by atoms with E-state index in [1.165, 1.54) is 23.5 Å². The van der Waals surface area contributed by atoms with Crippen LogP contribution in [0, 0.1) is 5.82 Å². The SMILES string of the molecule is CC(NC(=O)[C@@H]1CCCN1C(=O)c1cccs1)c1ccc(F)cc1Cl. The van der Waals surface area contributed by atoms with E-state index < -0.39 is 11.9 Å². The zero-order valence-corrected chi connectivity index (χ0v) is 15.2. The molecule has 1 aliphatic rings. The van der Waals surface area contributed by atoms with Crippen LogP contribution in [0.5, 0.6) is 0 Å². The summed E-state index contributed by atoms with van der Waals surface area (Å²) in [4.78, 5) is 27.5. The summed E-state index contributed by atoms with van der Waals surface area (Å²) in [6.45, 7) is 2.36. The molecule has 3 rings (SSSR count). The highest BCUT2D eigenvalue weighted by molar-refractivity contribution is 7.12. The summed E-state index contributed by atoms with van der Waals surface area (Å²) in [6, 6.07) is 6.82. The quantitative estimate of drug-likeness (QED) is 0.870. The van der Waals surface area contributed by atoms with Crippen molar-refractivity contribution in [1.29, 1.82) is 0 Å². The van der Waals surface area contributed by atoms with Crippen LogP contribution in [-0.4, -0.2) is 29.3 Å². The maximum absolute atomic E-state index is 13.2. The number of likely N-dealkylation sites (tertiary alicyclic amines) is 1. The molecule has 25 heavy (non-hydrogen) atoms. The Morgan fingerprint density at radius 3 is 2.88 bits per heavy atom. The van der Waals surface area contributed by atoms with E-state index >= 15 is 0 Å². The number of halogens is 2. The molecule has 2 atom stereocenters. The fourth-order valence-corrected chi connectivity index (χ4v) is 4.07. The number of thiophene rings is 1. The van der Waals surface area contributed by atoms with Crippen LogP contribution in [0.3, 0.4) is 0 Å². The first-order chi connectivity index (χ1) is 12.0. The number of hydrogen-bond donors (Lipinski definition) is 1. The zero-order valence-electron chi connectivity index (χ0n) is 13.7. The van der Waals surface area contributed by atoms with E-state index in [0.29, 0.717) is 23.4 Å². The summed E-state index contributed by atoms with van der Waals surface area (Å²) < 4.78 is 13.2. The number of amides is 2. The van der Waals surface area contributed by atoms with Crippen molar-refractivity contribution in [1.82, 2.24) is 10.2 Å². The molecule has 132 valence electrons. The number of carbonyl (C=O) groups excluding carboxylic acids is 2. The van der Waals surface area contributed by atoms with Gasteiger partial charge in [-0.1, -0.05) is 23.7 Å². The second-order valence-electron chi connectivity index (χ2n) is 6.03. The molecule has 1 aliphatic heterocycles. The van der Waals surface area contributed by atoms with E-state index in [4.69, 9.17) is 11.6 Å². The van der Waals surface area contributed by atoms with Gasteiger partial charge in [-0.3, -0.25) is 9.59 Å². The monoisotopic (exact) mass is 380 g/mol. The van der Waals surface area contributed by atoms with Crippen LogP contribution in [0.4, 0.5) is 4.39 Å². The Labute approximate surface area is 154 Å². The van der Waals surface area contributed by atoms with E-state index in [0.717, 1.165) is 6.42 Å². The molecule has 1 aromatic carbocycles. The van der Waals surface area contributed by atoms with Crippen molar-refractivity contribution >= 4 is 34.8 Å². The minimum Gasteiger partial charge on any atom is -0.348 e. The molecule has 0 aliphatic carbocycles. The molecular weight excluding hydrogens is 363 g/mol. The average molecular weight is 381 g/mol. The summed E-state index contributed by atoms with van der Waals surface area (Å²) in [6.07, 6.45) is 1.42. The molecule has 7 heteroatoms. The lowest BCUT2D eigenvalue weighted by Gasteiger charge is -2.25. The first-order valence-electron chi connectivity index (χ1n) is 8.07. The van der Waals surface area contributed by atoms with Gasteiger partial charge in [0.1, 0.15) is 11.9 Å². The molecule has 1 aromatic heterocycles. The fraction of sp³-hybridized carbons (Fsp3) is 0.333. The van der Waals surface area contributed by atoms with E-state index in [9.17, 15) is 14.0 Å². The largest absolute Gasteiger partial charge is 0.348 e. The van der Waals surface area contributed by atoms with Crippen LogP contribution < -0.4 is 5.32 Å². The first kappa shape index (κ1) is 17.9. The van der Waals surface area contributed by atoms with Crippen LogP contribution in [-0.2, 0) is 4.79 Å².